The second-order valence-electron chi connectivity index (χ2n) is 4.85. The number of hydrogen-bond acceptors (Lipinski definition) is 5. The highest BCUT2D eigenvalue weighted by molar-refractivity contribution is 7.99. The van der Waals surface area contributed by atoms with Crippen LogP contribution >= 0.6 is 11.8 Å². The van der Waals surface area contributed by atoms with Gasteiger partial charge in [0.1, 0.15) is 0 Å². The zero-order valence-electron chi connectivity index (χ0n) is 12.8. The van der Waals surface area contributed by atoms with Gasteiger partial charge in [-0.2, -0.15) is 0 Å². The number of hydrogen-bond donors (Lipinski definition) is 1. The van der Waals surface area contributed by atoms with Gasteiger partial charge in [-0.05, 0) is 19.1 Å². The van der Waals surface area contributed by atoms with Gasteiger partial charge in [0.05, 0.1) is 29.3 Å². The van der Waals surface area contributed by atoms with Gasteiger partial charge in [-0.1, -0.05) is 23.9 Å². The summed E-state index contributed by atoms with van der Waals surface area (Å²) in [5, 5.41) is 3.65. The van der Waals surface area contributed by atoms with Crippen LogP contribution in [-0.4, -0.2) is 42.0 Å². The number of amides is 1. The van der Waals surface area contributed by atoms with Gasteiger partial charge in [-0.25, -0.2) is 4.98 Å². The van der Waals surface area contributed by atoms with Gasteiger partial charge >= 0.3 is 0 Å². The van der Waals surface area contributed by atoms with Gasteiger partial charge < -0.3 is 10.1 Å². The van der Waals surface area contributed by atoms with Crippen LogP contribution in [0.4, 0.5) is 0 Å². The number of ether oxygens (including phenoxy) is 1. The molecule has 1 heterocycles. The molecule has 7 heteroatoms. The topological polar surface area (TPSA) is 73.2 Å². The second kappa shape index (κ2) is 7.42. The van der Waals surface area contributed by atoms with Crippen LogP contribution in [-0.2, 0) is 9.53 Å². The normalized spacial score (nSPS) is 12.3. The maximum absolute atomic E-state index is 12.7. The summed E-state index contributed by atoms with van der Waals surface area (Å²) >= 11 is 1.25. The lowest BCUT2D eigenvalue weighted by Gasteiger charge is -2.18. The lowest BCUT2D eigenvalue weighted by atomic mass is 10.2. The van der Waals surface area contributed by atoms with Gasteiger partial charge in [0.25, 0.3) is 5.56 Å². The smallest absolute Gasteiger partial charge is 0.262 e. The van der Waals surface area contributed by atoms with E-state index in [1.165, 1.54) is 11.8 Å². The van der Waals surface area contributed by atoms with Gasteiger partial charge in [-0.15, -0.1) is 0 Å². The van der Waals surface area contributed by atoms with E-state index in [1.54, 1.807) is 30.9 Å². The molecule has 118 valence electrons. The fourth-order valence-electron chi connectivity index (χ4n) is 2.13. The Labute approximate surface area is 132 Å². The molecule has 0 spiro atoms. The summed E-state index contributed by atoms with van der Waals surface area (Å²) in [7, 11) is 3.17. The molecule has 2 aromatic rings. The number of carbonyl (C=O) groups excluding carboxylic acids is 1. The molecule has 0 bridgehead atoms. The first-order chi connectivity index (χ1) is 10.6. The van der Waals surface area contributed by atoms with Crippen LogP contribution < -0.4 is 10.9 Å². The molecule has 1 amide bonds. The minimum Gasteiger partial charge on any atom is -0.383 e. The van der Waals surface area contributed by atoms with E-state index in [0.29, 0.717) is 22.7 Å². The summed E-state index contributed by atoms with van der Waals surface area (Å²) in [6.07, 6.45) is 0. The first-order valence-electron chi connectivity index (χ1n) is 6.92. The molecule has 1 aromatic heterocycles. The Hall–Kier alpha value is -1.86. The number of rotatable bonds is 6. The average molecular weight is 321 g/mol. The first kappa shape index (κ1) is 16.5. The fraction of sp³-hybridized carbons (Fsp3) is 0.400. The molecule has 0 radical (unpaired) electrons. The molecule has 22 heavy (non-hydrogen) atoms. The van der Waals surface area contributed by atoms with Crippen molar-refractivity contribution >= 4 is 28.6 Å². The Balaban J connectivity index is 2.52. The third kappa shape index (κ3) is 3.48. The van der Waals surface area contributed by atoms with Crippen LogP contribution in [0.3, 0.4) is 0 Å². The Morgan fingerprint density at radius 1 is 1.45 bits per heavy atom. The molecule has 1 atom stereocenters. The SMILES string of the molecule is CNC(=O)CSc1nc2ccccc2c(=O)n1C(C)COC. The third-order valence-corrected chi connectivity index (χ3v) is 4.19. The Bertz CT molecular complexity index is 730. The van der Waals surface area contributed by atoms with Crippen LogP contribution in [0.1, 0.15) is 13.0 Å². The van der Waals surface area contributed by atoms with E-state index in [4.69, 9.17) is 4.74 Å². The number of nitrogens with one attached hydrogen (secondary N) is 1. The van der Waals surface area contributed by atoms with Crippen molar-refractivity contribution in [1.29, 1.82) is 0 Å². The Kier molecular flexibility index (Phi) is 5.57. The Morgan fingerprint density at radius 2 is 2.18 bits per heavy atom. The molecule has 6 nitrogen and oxygen atoms in total. The molecule has 2 rings (SSSR count). The highest BCUT2D eigenvalue weighted by Crippen LogP contribution is 2.21. The van der Waals surface area contributed by atoms with Crippen LogP contribution in [0.25, 0.3) is 10.9 Å². The molecular formula is C15H19N3O3S. The van der Waals surface area contributed by atoms with Crippen molar-refractivity contribution in [3.63, 3.8) is 0 Å². The summed E-state index contributed by atoms with van der Waals surface area (Å²) < 4.78 is 6.75. The lowest BCUT2D eigenvalue weighted by Crippen LogP contribution is -2.29. The van der Waals surface area contributed by atoms with Crippen LogP contribution in [0.5, 0.6) is 0 Å². The van der Waals surface area contributed by atoms with Crippen LogP contribution in [0.2, 0.25) is 0 Å². The molecule has 0 aliphatic heterocycles. The largest absolute Gasteiger partial charge is 0.383 e. The molecule has 0 aliphatic rings. The van der Waals surface area contributed by atoms with Gasteiger partial charge in [0.2, 0.25) is 5.91 Å². The van der Waals surface area contributed by atoms with E-state index in [9.17, 15) is 9.59 Å². The van der Waals surface area contributed by atoms with Crippen LogP contribution in [0.15, 0.2) is 34.2 Å². The summed E-state index contributed by atoms with van der Waals surface area (Å²) in [5.41, 5.74) is 0.516. The van der Waals surface area contributed by atoms with Gasteiger partial charge in [-0.3, -0.25) is 14.2 Å². The minimum absolute atomic E-state index is 0.113. The van der Waals surface area contributed by atoms with Gasteiger partial charge in [0, 0.05) is 14.2 Å². The maximum Gasteiger partial charge on any atom is 0.262 e. The number of benzene rings is 1. The lowest BCUT2D eigenvalue weighted by molar-refractivity contribution is -0.118. The van der Waals surface area contributed by atoms with Crippen molar-refractivity contribution in [2.24, 2.45) is 0 Å². The van der Waals surface area contributed by atoms with Crippen molar-refractivity contribution in [1.82, 2.24) is 14.9 Å². The minimum atomic E-state index is -0.165. The molecule has 0 aliphatic carbocycles. The number of para-hydroxylation sites is 1. The average Bonchev–Trinajstić information content (AvgIpc) is 2.52. The Morgan fingerprint density at radius 3 is 2.86 bits per heavy atom. The molecule has 1 aromatic carbocycles. The predicted octanol–water partition coefficient (Wildman–Crippen LogP) is 1.44. The number of aromatic nitrogens is 2. The van der Waals surface area contributed by atoms with E-state index in [1.807, 2.05) is 19.1 Å². The van der Waals surface area contributed by atoms with E-state index >= 15 is 0 Å². The molecule has 1 N–H and O–H groups in total. The summed E-state index contributed by atoms with van der Waals surface area (Å²) in [6, 6.07) is 7.04. The van der Waals surface area contributed by atoms with E-state index in [-0.39, 0.29) is 23.3 Å². The molecule has 1 unspecified atom stereocenters. The monoisotopic (exact) mass is 321 g/mol. The number of thioether (sulfide) groups is 1. The molecule has 0 fully saturated rings. The summed E-state index contributed by atoms with van der Waals surface area (Å²) in [5.74, 6) is 0.0967. The summed E-state index contributed by atoms with van der Waals surface area (Å²) in [6.45, 7) is 2.29. The number of nitrogens with zero attached hydrogens (tertiary/aromatic N) is 2. The molecule has 0 saturated heterocycles. The van der Waals surface area contributed by atoms with Gasteiger partial charge in [0.15, 0.2) is 5.16 Å². The highest BCUT2D eigenvalue weighted by Gasteiger charge is 2.17. The van der Waals surface area contributed by atoms with Crippen molar-refractivity contribution in [2.45, 2.75) is 18.1 Å². The predicted molar refractivity (Wildman–Crippen MR) is 87.4 cm³/mol. The first-order valence-corrected chi connectivity index (χ1v) is 7.90. The van der Waals surface area contributed by atoms with Crippen molar-refractivity contribution < 1.29 is 9.53 Å². The number of fused-ring (bicyclic) bond motifs is 1. The number of methoxy groups -OCH3 is 1. The van der Waals surface area contributed by atoms with E-state index in [2.05, 4.69) is 10.3 Å². The summed E-state index contributed by atoms with van der Waals surface area (Å²) in [4.78, 5) is 28.7. The van der Waals surface area contributed by atoms with Crippen molar-refractivity contribution in [2.75, 3.05) is 26.5 Å². The van der Waals surface area contributed by atoms with E-state index in [0.717, 1.165) is 0 Å². The molecular weight excluding hydrogens is 302 g/mol. The zero-order chi connectivity index (χ0) is 16.1. The zero-order valence-corrected chi connectivity index (χ0v) is 13.6. The van der Waals surface area contributed by atoms with Crippen LogP contribution in [0, 0.1) is 0 Å². The highest BCUT2D eigenvalue weighted by atomic mass is 32.2. The number of carbonyl (C=O) groups is 1. The van der Waals surface area contributed by atoms with E-state index < -0.39 is 0 Å². The third-order valence-electron chi connectivity index (χ3n) is 3.24. The maximum atomic E-state index is 12.7. The standard InChI is InChI=1S/C15H19N3O3S/c1-10(8-21-3)18-14(20)11-6-4-5-7-12(11)17-15(18)22-9-13(19)16-2/h4-7,10H,8-9H2,1-3H3,(H,16,19). The fourth-order valence-corrected chi connectivity index (χ4v) is 3.10. The molecule has 0 saturated carbocycles. The second-order valence-corrected chi connectivity index (χ2v) is 5.80. The van der Waals surface area contributed by atoms with Crippen molar-refractivity contribution in [3.8, 4) is 0 Å². The quantitative estimate of drug-likeness (QED) is 0.644. The van der Waals surface area contributed by atoms with Crippen molar-refractivity contribution in [3.05, 3.63) is 34.6 Å².